The van der Waals surface area contributed by atoms with Crippen LogP contribution in [0, 0.1) is 17.8 Å². The zero-order valence-corrected chi connectivity index (χ0v) is 14.4. The quantitative estimate of drug-likeness (QED) is 0.840. The van der Waals surface area contributed by atoms with Crippen molar-refractivity contribution < 1.29 is 0 Å². The van der Waals surface area contributed by atoms with E-state index in [1.54, 1.807) is 0 Å². The van der Waals surface area contributed by atoms with Gasteiger partial charge >= 0.3 is 0 Å². The van der Waals surface area contributed by atoms with Crippen LogP contribution in [0.2, 0.25) is 0 Å². The Bertz CT molecular complexity index is 291. The van der Waals surface area contributed by atoms with Crippen molar-refractivity contribution in [2.24, 2.45) is 17.8 Å². The van der Waals surface area contributed by atoms with Crippen LogP contribution in [-0.2, 0) is 0 Å². The Morgan fingerprint density at radius 1 is 1.00 bits per heavy atom. The van der Waals surface area contributed by atoms with Crippen LogP contribution in [0.1, 0.15) is 66.7 Å². The lowest BCUT2D eigenvalue weighted by Crippen LogP contribution is -2.60. The summed E-state index contributed by atoms with van der Waals surface area (Å²) in [4.78, 5) is 2.85. The fourth-order valence-corrected chi connectivity index (χ4v) is 4.80. The predicted octanol–water partition coefficient (Wildman–Crippen LogP) is 3.91. The average Bonchev–Trinajstić information content (AvgIpc) is 2.37. The van der Waals surface area contributed by atoms with Gasteiger partial charge in [0, 0.05) is 18.1 Å². The number of likely N-dealkylation sites (tertiary alicyclic amines) is 1. The predicted molar refractivity (Wildman–Crippen MR) is 88.0 cm³/mol. The molecule has 1 aliphatic heterocycles. The van der Waals surface area contributed by atoms with E-state index in [2.05, 4.69) is 44.8 Å². The van der Waals surface area contributed by atoms with Crippen LogP contribution in [0.3, 0.4) is 0 Å². The third-order valence-electron chi connectivity index (χ3n) is 5.65. The molecule has 0 aromatic carbocycles. The molecule has 1 N–H and O–H groups in total. The Hall–Kier alpha value is -0.0800. The molecule has 20 heavy (non-hydrogen) atoms. The fourth-order valence-electron chi connectivity index (χ4n) is 4.80. The van der Waals surface area contributed by atoms with Crippen LogP contribution < -0.4 is 5.32 Å². The Balaban J connectivity index is 2.07. The van der Waals surface area contributed by atoms with Gasteiger partial charge in [0.15, 0.2) is 0 Å². The Kier molecular flexibility index (Phi) is 5.92. The van der Waals surface area contributed by atoms with Gasteiger partial charge in [-0.05, 0) is 69.9 Å². The van der Waals surface area contributed by atoms with Crippen LogP contribution in [0.5, 0.6) is 0 Å². The molecule has 0 radical (unpaired) electrons. The monoisotopic (exact) mass is 280 g/mol. The Labute approximate surface area is 126 Å². The molecule has 6 unspecified atom stereocenters. The minimum atomic E-state index is 0.713. The molecular weight excluding hydrogens is 244 g/mol. The molecule has 118 valence electrons. The summed E-state index contributed by atoms with van der Waals surface area (Å²) in [7, 11) is 0. The summed E-state index contributed by atoms with van der Waals surface area (Å²) >= 11 is 0. The molecule has 0 aromatic rings. The van der Waals surface area contributed by atoms with Crippen LogP contribution in [-0.4, -0.2) is 36.1 Å². The summed E-state index contributed by atoms with van der Waals surface area (Å²) in [5.74, 6) is 2.64. The lowest BCUT2D eigenvalue weighted by Gasteiger charge is -2.50. The smallest absolute Gasteiger partial charge is 0.0277 e. The third kappa shape index (κ3) is 3.76. The molecule has 1 heterocycles. The maximum atomic E-state index is 3.87. The molecule has 0 spiro atoms. The first kappa shape index (κ1) is 16.3. The van der Waals surface area contributed by atoms with Gasteiger partial charge < -0.3 is 5.32 Å². The van der Waals surface area contributed by atoms with Crippen molar-refractivity contribution in [3.63, 3.8) is 0 Å². The van der Waals surface area contributed by atoms with E-state index in [9.17, 15) is 0 Å². The van der Waals surface area contributed by atoms with Crippen molar-refractivity contribution in [3.05, 3.63) is 0 Å². The molecule has 2 fully saturated rings. The molecule has 1 aliphatic carbocycles. The molecule has 0 aromatic heterocycles. The first-order chi connectivity index (χ1) is 9.52. The zero-order chi connectivity index (χ0) is 14.7. The summed E-state index contributed by atoms with van der Waals surface area (Å²) in [6.45, 7) is 14.6. The molecular formula is C18H36N2. The van der Waals surface area contributed by atoms with Gasteiger partial charge in [-0.2, -0.15) is 0 Å². The van der Waals surface area contributed by atoms with Gasteiger partial charge in [-0.3, -0.25) is 4.90 Å². The molecule has 2 rings (SSSR count). The SMILES string of the molecule is CCCNC1CC(C)CC(C)C1N1CCC(C)CC1C. The molecule has 6 atom stereocenters. The van der Waals surface area contributed by atoms with E-state index in [0.717, 1.165) is 29.8 Å². The van der Waals surface area contributed by atoms with Crippen molar-refractivity contribution in [1.82, 2.24) is 10.2 Å². The molecule has 0 amide bonds. The zero-order valence-electron chi connectivity index (χ0n) is 14.4. The highest BCUT2D eigenvalue weighted by Crippen LogP contribution is 2.36. The molecule has 2 aliphatic rings. The van der Waals surface area contributed by atoms with Crippen molar-refractivity contribution in [1.29, 1.82) is 0 Å². The summed E-state index contributed by atoms with van der Waals surface area (Å²) in [6.07, 6.45) is 6.81. The molecule has 2 nitrogen and oxygen atoms in total. The minimum Gasteiger partial charge on any atom is -0.312 e. The largest absolute Gasteiger partial charge is 0.312 e. The van der Waals surface area contributed by atoms with Gasteiger partial charge in [0.25, 0.3) is 0 Å². The second kappa shape index (κ2) is 7.26. The molecule has 1 saturated heterocycles. The van der Waals surface area contributed by atoms with Crippen LogP contribution in [0.25, 0.3) is 0 Å². The van der Waals surface area contributed by atoms with E-state index in [4.69, 9.17) is 0 Å². The first-order valence-corrected chi connectivity index (χ1v) is 9.02. The standard InChI is InChI=1S/C18H36N2/c1-6-8-19-17-12-14(3)10-15(4)18(17)20-9-7-13(2)11-16(20)5/h13-19H,6-12H2,1-5H3. The van der Waals surface area contributed by atoms with Gasteiger partial charge in [-0.25, -0.2) is 0 Å². The minimum absolute atomic E-state index is 0.713. The van der Waals surface area contributed by atoms with E-state index in [1.165, 1.54) is 45.2 Å². The van der Waals surface area contributed by atoms with Crippen LogP contribution in [0.4, 0.5) is 0 Å². The highest BCUT2D eigenvalue weighted by Gasteiger charge is 2.40. The molecule has 1 saturated carbocycles. The Morgan fingerprint density at radius 3 is 2.40 bits per heavy atom. The van der Waals surface area contributed by atoms with Gasteiger partial charge in [-0.1, -0.05) is 27.7 Å². The second-order valence-electron chi connectivity index (χ2n) is 7.82. The number of hydrogen-bond acceptors (Lipinski definition) is 2. The van der Waals surface area contributed by atoms with E-state index < -0.39 is 0 Å². The summed E-state index contributed by atoms with van der Waals surface area (Å²) in [6, 6.07) is 2.25. The third-order valence-corrected chi connectivity index (χ3v) is 5.65. The topological polar surface area (TPSA) is 15.3 Å². The second-order valence-corrected chi connectivity index (χ2v) is 7.82. The number of nitrogens with zero attached hydrogens (tertiary/aromatic N) is 1. The number of hydrogen-bond donors (Lipinski definition) is 1. The molecule has 0 bridgehead atoms. The van der Waals surface area contributed by atoms with Crippen LogP contribution >= 0.6 is 0 Å². The van der Waals surface area contributed by atoms with Gasteiger partial charge in [-0.15, -0.1) is 0 Å². The summed E-state index contributed by atoms with van der Waals surface area (Å²) < 4.78 is 0. The summed E-state index contributed by atoms with van der Waals surface area (Å²) in [5, 5.41) is 3.87. The van der Waals surface area contributed by atoms with E-state index in [0.29, 0.717) is 6.04 Å². The van der Waals surface area contributed by atoms with Crippen LogP contribution in [0.15, 0.2) is 0 Å². The summed E-state index contributed by atoms with van der Waals surface area (Å²) in [5.41, 5.74) is 0. The van der Waals surface area contributed by atoms with E-state index >= 15 is 0 Å². The lowest BCUT2D eigenvalue weighted by molar-refractivity contribution is 0.00604. The maximum Gasteiger partial charge on any atom is 0.0277 e. The van der Waals surface area contributed by atoms with E-state index in [-0.39, 0.29) is 0 Å². The van der Waals surface area contributed by atoms with Gasteiger partial charge in [0.2, 0.25) is 0 Å². The van der Waals surface area contributed by atoms with Gasteiger partial charge in [0.05, 0.1) is 0 Å². The number of piperidine rings is 1. The Morgan fingerprint density at radius 2 is 1.75 bits per heavy atom. The van der Waals surface area contributed by atoms with Crippen molar-refractivity contribution >= 4 is 0 Å². The van der Waals surface area contributed by atoms with E-state index in [1.807, 2.05) is 0 Å². The number of rotatable bonds is 4. The van der Waals surface area contributed by atoms with Crippen molar-refractivity contribution in [2.45, 2.75) is 84.8 Å². The highest BCUT2D eigenvalue weighted by atomic mass is 15.2. The number of nitrogens with one attached hydrogen (secondary N) is 1. The lowest BCUT2D eigenvalue weighted by atomic mass is 9.74. The maximum absolute atomic E-state index is 3.87. The molecule has 2 heteroatoms. The fraction of sp³-hybridized carbons (Fsp3) is 1.00. The normalized spacial score (nSPS) is 43.6. The van der Waals surface area contributed by atoms with Crippen molar-refractivity contribution in [3.8, 4) is 0 Å². The van der Waals surface area contributed by atoms with Gasteiger partial charge in [0.1, 0.15) is 0 Å². The average molecular weight is 280 g/mol. The highest BCUT2D eigenvalue weighted by molar-refractivity contribution is 4.96. The first-order valence-electron chi connectivity index (χ1n) is 9.02. The van der Waals surface area contributed by atoms with Crippen molar-refractivity contribution in [2.75, 3.05) is 13.1 Å².